The van der Waals surface area contributed by atoms with Crippen LogP contribution in [-0.2, 0) is 0 Å². The van der Waals surface area contributed by atoms with Crippen LogP contribution in [0, 0.1) is 0 Å². The van der Waals surface area contributed by atoms with Gasteiger partial charge in [-0.05, 0) is 37.1 Å². The smallest absolute Gasteiger partial charge is 0.0625 e. The van der Waals surface area contributed by atoms with Crippen LogP contribution in [0.1, 0.15) is 26.2 Å². The number of nitrogens with zero attached hydrogens (tertiary/aromatic N) is 1. The van der Waals surface area contributed by atoms with Gasteiger partial charge in [0.05, 0.1) is 5.70 Å². The van der Waals surface area contributed by atoms with Crippen LogP contribution in [0.25, 0.3) is 0 Å². The van der Waals surface area contributed by atoms with Crippen molar-refractivity contribution in [2.24, 2.45) is 4.99 Å². The van der Waals surface area contributed by atoms with Gasteiger partial charge in [-0.3, -0.25) is 4.99 Å². The number of rotatable bonds is 4. The Hall–Kier alpha value is -1.37. The van der Waals surface area contributed by atoms with Crippen LogP contribution in [0.4, 0.5) is 0 Å². The van der Waals surface area contributed by atoms with E-state index < -0.39 is 0 Å². The summed E-state index contributed by atoms with van der Waals surface area (Å²) in [5.74, 6) is 0. The minimum atomic E-state index is 0.755. The third-order valence-electron chi connectivity index (χ3n) is 2.46. The highest BCUT2D eigenvalue weighted by Crippen LogP contribution is 2.30. The van der Waals surface area contributed by atoms with E-state index in [1.165, 1.54) is 5.57 Å². The van der Waals surface area contributed by atoms with Gasteiger partial charge in [0.25, 0.3) is 0 Å². The molecule has 0 aromatic rings. The van der Waals surface area contributed by atoms with Crippen molar-refractivity contribution in [2.75, 3.05) is 0 Å². The van der Waals surface area contributed by atoms with Crippen LogP contribution in [0.3, 0.4) is 0 Å². The van der Waals surface area contributed by atoms with Gasteiger partial charge >= 0.3 is 0 Å². The lowest BCUT2D eigenvalue weighted by Gasteiger charge is -2.17. The molecule has 0 radical (unpaired) electrons. The zero-order valence-corrected chi connectivity index (χ0v) is 8.84. The fourth-order valence-corrected chi connectivity index (χ4v) is 1.56. The van der Waals surface area contributed by atoms with Crippen molar-refractivity contribution >= 4 is 6.72 Å². The first-order chi connectivity index (χ1) is 6.70. The summed E-state index contributed by atoms with van der Waals surface area (Å²) in [7, 11) is 0. The molecule has 0 N–H and O–H groups in total. The van der Waals surface area contributed by atoms with Crippen LogP contribution < -0.4 is 0 Å². The summed E-state index contributed by atoms with van der Waals surface area (Å²) in [6.07, 6.45) is 7.50. The molecule has 1 rings (SSSR count). The lowest BCUT2D eigenvalue weighted by Crippen LogP contribution is -1.99. The van der Waals surface area contributed by atoms with Crippen molar-refractivity contribution in [3.05, 3.63) is 47.7 Å². The van der Waals surface area contributed by atoms with Crippen LogP contribution in [0.2, 0.25) is 0 Å². The van der Waals surface area contributed by atoms with Gasteiger partial charge in [0, 0.05) is 5.57 Å². The van der Waals surface area contributed by atoms with Crippen LogP contribution in [0.5, 0.6) is 0 Å². The van der Waals surface area contributed by atoms with Crippen molar-refractivity contribution in [2.45, 2.75) is 26.2 Å². The number of hydrogen-bond donors (Lipinski definition) is 0. The van der Waals surface area contributed by atoms with E-state index in [1.54, 1.807) is 0 Å². The molecular formula is C13H17N. The topological polar surface area (TPSA) is 12.4 Å². The van der Waals surface area contributed by atoms with Gasteiger partial charge in [-0.25, -0.2) is 0 Å². The Morgan fingerprint density at radius 2 is 1.86 bits per heavy atom. The molecule has 1 nitrogen and oxygen atoms in total. The normalized spacial score (nSPS) is 15.5. The van der Waals surface area contributed by atoms with Gasteiger partial charge in [-0.2, -0.15) is 0 Å². The summed E-state index contributed by atoms with van der Waals surface area (Å²) < 4.78 is 0. The maximum atomic E-state index is 4.05. The zero-order valence-electron chi connectivity index (χ0n) is 8.84. The van der Waals surface area contributed by atoms with E-state index in [0.717, 1.165) is 36.1 Å². The largest absolute Gasteiger partial charge is 0.265 e. The summed E-state index contributed by atoms with van der Waals surface area (Å²) >= 11 is 0. The molecule has 0 fully saturated rings. The molecule has 1 aliphatic carbocycles. The van der Waals surface area contributed by atoms with Crippen molar-refractivity contribution in [1.82, 2.24) is 0 Å². The van der Waals surface area contributed by atoms with Gasteiger partial charge in [0.2, 0.25) is 0 Å². The molecule has 0 atom stereocenters. The first kappa shape index (κ1) is 10.7. The number of aliphatic imine (C=N–C) groups is 1. The molecule has 0 amide bonds. The number of hydrogen-bond acceptors (Lipinski definition) is 1. The van der Waals surface area contributed by atoms with Crippen LogP contribution in [-0.4, -0.2) is 6.72 Å². The molecule has 0 heterocycles. The lowest BCUT2D eigenvalue weighted by atomic mass is 9.90. The SMILES string of the molecule is C=NC(=C)C1=CCCC=C1C(=C)CC. The molecule has 0 saturated carbocycles. The Balaban J connectivity index is 2.98. The van der Waals surface area contributed by atoms with E-state index >= 15 is 0 Å². The Morgan fingerprint density at radius 3 is 2.36 bits per heavy atom. The fraction of sp³-hybridized carbons (Fsp3) is 0.308. The first-order valence-electron chi connectivity index (χ1n) is 4.95. The lowest BCUT2D eigenvalue weighted by molar-refractivity contribution is 0.979. The molecule has 0 aromatic heterocycles. The second-order valence-corrected chi connectivity index (χ2v) is 3.37. The highest BCUT2D eigenvalue weighted by Gasteiger charge is 2.12. The van der Waals surface area contributed by atoms with E-state index in [-0.39, 0.29) is 0 Å². The highest BCUT2D eigenvalue weighted by molar-refractivity contribution is 5.56. The molecule has 74 valence electrons. The fourth-order valence-electron chi connectivity index (χ4n) is 1.56. The van der Waals surface area contributed by atoms with Crippen molar-refractivity contribution in [1.29, 1.82) is 0 Å². The molecule has 0 aliphatic heterocycles. The van der Waals surface area contributed by atoms with Crippen molar-refractivity contribution in [3.63, 3.8) is 0 Å². The van der Waals surface area contributed by atoms with E-state index in [9.17, 15) is 0 Å². The molecule has 0 bridgehead atoms. The maximum absolute atomic E-state index is 4.05. The predicted octanol–water partition coefficient (Wildman–Crippen LogP) is 3.81. The van der Waals surface area contributed by atoms with Crippen LogP contribution >= 0.6 is 0 Å². The van der Waals surface area contributed by atoms with Gasteiger partial charge in [0.15, 0.2) is 0 Å². The monoisotopic (exact) mass is 187 g/mol. The summed E-state index contributed by atoms with van der Waals surface area (Å²) in [4.78, 5) is 3.88. The van der Waals surface area contributed by atoms with Gasteiger partial charge in [-0.15, -0.1) is 0 Å². The third-order valence-corrected chi connectivity index (χ3v) is 2.46. The predicted molar refractivity (Wildman–Crippen MR) is 63.5 cm³/mol. The molecule has 14 heavy (non-hydrogen) atoms. The minimum Gasteiger partial charge on any atom is -0.265 e. The van der Waals surface area contributed by atoms with Crippen molar-refractivity contribution in [3.8, 4) is 0 Å². The zero-order chi connectivity index (χ0) is 10.6. The maximum Gasteiger partial charge on any atom is 0.0625 e. The molecule has 1 aliphatic rings. The molecular weight excluding hydrogens is 170 g/mol. The van der Waals surface area contributed by atoms with Gasteiger partial charge in [-0.1, -0.05) is 32.2 Å². The van der Waals surface area contributed by atoms with E-state index in [4.69, 9.17) is 0 Å². The second-order valence-electron chi connectivity index (χ2n) is 3.37. The highest BCUT2D eigenvalue weighted by atomic mass is 14.7. The van der Waals surface area contributed by atoms with Gasteiger partial charge in [0.1, 0.15) is 0 Å². The van der Waals surface area contributed by atoms with Crippen LogP contribution in [0.15, 0.2) is 52.7 Å². The Bertz CT molecular complexity index is 329. The Kier molecular flexibility index (Phi) is 3.63. The average Bonchev–Trinajstić information content (AvgIpc) is 2.27. The van der Waals surface area contributed by atoms with E-state index in [2.05, 4.69) is 43.9 Å². The quantitative estimate of drug-likeness (QED) is 0.593. The molecule has 0 unspecified atom stereocenters. The molecule has 1 heteroatoms. The Morgan fingerprint density at radius 1 is 1.29 bits per heavy atom. The van der Waals surface area contributed by atoms with E-state index in [0.29, 0.717) is 0 Å². The average molecular weight is 187 g/mol. The summed E-state index contributed by atoms with van der Waals surface area (Å²) in [6, 6.07) is 0. The molecule has 0 saturated heterocycles. The second kappa shape index (κ2) is 4.75. The Labute approximate surface area is 86.2 Å². The van der Waals surface area contributed by atoms with Gasteiger partial charge < -0.3 is 0 Å². The third kappa shape index (κ3) is 2.11. The number of allylic oxidation sites excluding steroid dienone is 4. The van der Waals surface area contributed by atoms with E-state index in [1.807, 2.05) is 0 Å². The summed E-state index contributed by atoms with van der Waals surface area (Å²) in [5.41, 5.74) is 4.22. The van der Waals surface area contributed by atoms with Crippen molar-refractivity contribution < 1.29 is 0 Å². The standard InChI is InChI=1S/C13H17N/c1-5-10(2)12-8-6-7-9-13(12)11(3)14-4/h8-9H,2-7H2,1H3. The summed E-state index contributed by atoms with van der Waals surface area (Å²) in [5, 5.41) is 0. The first-order valence-corrected chi connectivity index (χ1v) is 4.95. The minimum absolute atomic E-state index is 0.755. The molecule has 0 spiro atoms. The summed E-state index contributed by atoms with van der Waals surface area (Å²) in [6.45, 7) is 13.6. The molecule has 0 aromatic carbocycles.